The van der Waals surface area contributed by atoms with Crippen molar-refractivity contribution in [3.05, 3.63) is 60.8 Å². The molecule has 7 heteroatoms. The summed E-state index contributed by atoms with van der Waals surface area (Å²) in [6, 6.07) is 17.6. The van der Waals surface area contributed by atoms with Crippen molar-refractivity contribution in [1.82, 2.24) is 0 Å². The Kier molecular flexibility index (Phi) is 5.41. The van der Waals surface area contributed by atoms with E-state index in [0.717, 1.165) is 53.9 Å². The van der Waals surface area contributed by atoms with E-state index in [9.17, 15) is 4.79 Å². The summed E-state index contributed by atoms with van der Waals surface area (Å²) in [4.78, 5) is 20.0. The fourth-order valence-corrected chi connectivity index (χ4v) is 4.49. The largest absolute Gasteiger partial charge is 0.495 e. The molecule has 0 aliphatic carbocycles. The van der Waals surface area contributed by atoms with E-state index in [0.29, 0.717) is 11.4 Å². The number of ether oxygens (including phenoxy) is 1. The van der Waals surface area contributed by atoms with Gasteiger partial charge in [-0.15, -0.1) is 0 Å². The first-order valence-corrected chi connectivity index (χ1v) is 11.0. The Morgan fingerprint density at radius 3 is 2.62 bits per heavy atom. The smallest absolute Gasteiger partial charge is 0.282 e. The van der Waals surface area contributed by atoms with Crippen molar-refractivity contribution < 1.29 is 23.8 Å². The number of nitrogens with zero attached hydrogens (tertiary/aromatic N) is 1. The number of pyridine rings is 1. The zero-order valence-electron chi connectivity index (χ0n) is 18.4. The van der Waals surface area contributed by atoms with Crippen molar-refractivity contribution >= 4 is 39.4 Å². The van der Waals surface area contributed by atoms with Crippen LogP contribution in [0.4, 0.5) is 11.5 Å². The lowest BCUT2D eigenvalue weighted by molar-refractivity contribution is -0.914. The van der Waals surface area contributed by atoms with Gasteiger partial charge in [0.2, 0.25) is 0 Å². The SMILES string of the molecule is COc1cc2c(cc1NC(=O)[C@@H](C)[NH+]1CCN(c3cccc[nH+]3)CC1)oc1ccccc12. The monoisotopic (exact) mass is 432 g/mol. The van der Waals surface area contributed by atoms with Crippen LogP contribution >= 0.6 is 0 Å². The molecule has 1 aliphatic rings. The van der Waals surface area contributed by atoms with E-state index in [4.69, 9.17) is 9.15 Å². The molecule has 0 radical (unpaired) electrons. The summed E-state index contributed by atoms with van der Waals surface area (Å²) in [5, 5.41) is 5.08. The highest BCUT2D eigenvalue weighted by Crippen LogP contribution is 2.36. The van der Waals surface area contributed by atoms with Crippen molar-refractivity contribution in [2.75, 3.05) is 43.5 Å². The molecule has 2 aromatic heterocycles. The molecule has 0 bridgehead atoms. The Balaban J connectivity index is 1.30. The van der Waals surface area contributed by atoms with E-state index in [-0.39, 0.29) is 11.9 Å². The van der Waals surface area contributed by atoms with Crippen molar-refractivity contribution in [3.63, 3.8) is 0 Å². The van der Waals surface area contributed by atoms with E-state index in [1.165, 1.54) is 4.90 Å². The third kappa shape index (κ3) is 3.76. The molecule has 0 saturated carbocycles. The number of methoxy groups -OCH3 is 1. The van der Waals surface area contributed by atoms with Crippen molar-refractivity contribution in [1.29, 1.82) is 0 Å². The Bertz CT molecular complexity index is 1250. The number of quaternary nitrogens is 1. The summed E-state index contributed by atoms with van der Waals surface area (Å²) < 4.78 is 11.6. The van der Waals surface area contributed by atoms with Crippen LogP contribution in [0.15, 0.2) is 65.2 Å². The van der Waals surface area contributed by atoms with Gasteiger partial charge in [0, 0.05) is 22.9 Å². The Hall–Kier alpha value is -3.58. The van der Waals surface area contributed by atoms with Gasteiger partial charge in [-0.2, -0.15) is 0 Å². The third-order valence-corrected chi connectivity index (χ3v) is 6.40. The van der Waals surface area contributed by atoms with Crippen LogP contribution in [0.5, 0.6) is 5.75 Å². The number of amides is 1. The van der Waals surface area contributed by atoms with Crippen LogP contribution in [0.1, 0.15) is 6.92 Å². The highest BCUT2D eigenvalue weighted by Gasteiger charge is 2.32. The molecule has 3 N–H and O–H groups in total. The van der Waals surface area contributed by atoms with E-state index in [1.807, 2.05) is 61.7 Å². The van der Waals surface area contributed by atoms with E-state index >= 15 is 0 Å². The second-order valence-electron chi connectivity index (χ2n) is 8.25. The minimum atomic E-state index is -0.173. The maximum absolute atomic E-state index is 13.1. The Morgan fingerprint density at radius 1 is 1.09 bits per heavy atom. The maximum atomic E-state index is 13.1. The lowest BCUT2D eigenvalue weighted by atomic mass is 10.1. The number of piperazine rings is 1. The molecule has 7 nitrogen and oxygen atoms in total. The highest BCUT2D eigenvalue weighted by molar-refractivity contribution is 6.08. The zero-order chi connectivity index (χ0) is 22.1. The van der Waals surface area contributed by atoms with Gasteiger partial charge in [0.25, 0.3) is 11.7 Å². The summed E-state index contributed by atoms with van der Waals surface area (Å²) in [7, 11) is 1.62. The fourth-order valence-electron chi connectivity index (χ4n) is 4.49. The van der Waals surface area contributed by atoms with Gasteiger partial charge in [0.15, 0.2) is 6.04 Å². The van der Waals surface area contributed by atoms with Crippen molar-refractivity contribution in [2.45, 2.75) is 13.0 Å². The summed E-state index contributed by atoms with van der Waals surface area (Å²) in [6.07, 6.45) is 1.94. The summed E-state index contributed by atoms with van der Waals surface area (Å²) in [5.41, 5.74) is 2.18. The van der Waals surface area contributed by atoms with Crippen LogP contribution in [0.2, 0.25) is 0 Å². The lowest BCUT2D eigenvalue weighted by Gasteiger charge is -2.31. The Morgan fingerprint density at radius 2 is 1.88 bits per heavy atom. The summed E-state index contributed by atoms with van der Waals surface area (Å²) in [5.74, 6) is 1.73. The number of aromatic nitrogens is 1. The highest BCUT2D eigenvalue weighted by atomic mass is 16.5. The number of benzene rings is 2. The number of anilines is 2. The molecular formula is C25H28N4O3+2. The average molecular weight is 433 g/mol. The number of H-pyrrole nitrogens is 1. The van der Waals surface area contributed by atoms with Gasteiger partial charge in [0.1, 0.15) is 43.1 Å². The maximum Gasteiger partial charge on any atom is 0.282 e. The number of carbonyl (C=O) groups excluding carboxylic acids is 1. The van der Waals surface area contributed by atoms with Gasteiger partial charge in [-0.05, 0) is 25.1 Å². The fraction of sp³-hybridized carbons (Fsp3) is 0.280. The summed E-state index contributed by atoms with van der Waals surface area (Å²) >= 11 is 0. The normalized spacial score (nSPS) is 15.8. The molecule has 1 atom stereocenters. The van der Waals surface area contributed by atoms with Crippen LogP contribution < -0.4 is 24.8 Å². The van der Waals surface area contributed by atoms with Gasteiger partial charge in [-0.1, -0.05) is 24.3 Å². The lowest BCUT2D eigenvalue weighted by Crippen LogP contribution is -3.19. The van der Waals surface area contributed by atoms with Crippen LogP contribution in [-0.4, -0.2) is 45.2 Å². The topological polar surface area (TPSA) is 73.3 Å². The zero-order valence-corrected chi connectivity index (χ0v) is 18.4. The first kappa shape index (κ1) is 20.3. The van der Waals surface area contributed by atoms with E-state index < -0.39 is 0 Å². The molecule has 5 rings (SSSR count). The number of hydrogen-bond acceptors (Lipinski definition) is 4. The molecule has 3 heterocycles. The van der Waals surface area contributed by atoms with Crippen LogP contribution in [0.3, 0.4) is 0 Å². The van der Waals surface area contributed by atoms with Crippen LogP contribution in [-0.2, 0) is 4.79 Å². The molecular weight excluding hydrogens is 404 g/mol. The molecule has 2 aromatic carbocycles. The van der Waals surface area contributed by atoms with E-state index in [1.54, 1.807) is 7.11 Å². The number of nitrogens with one attached hydrogen (secondary N) is 3. The number of aromatic amines is 1. The molecule has 1 aliphatic heterocycles. The van der Waals surface area contributed by atoms with Gasteiger partial charge >= 0.3 is 0 Å². The van der Waals surface area contributed by atoms with Gasteiger partial charge in [-0.25, -0.2) is 4.98 Å². The molecule has 32 heavy (non-hydrogen) atoms. The predicted octanol–water partition coefficient (Wildman–Crippen LogP) is 2.14. The number of furan rings is 1. The number of carbonyl (C=O) groups is 1. The molecule has 164 valence electrons. The summed E-state index contributed by atoms with van der Waals surface area (Å²) in [6.45, 7) is 5.60. The Labute approximate surface area is 186 Å². The first-order chi connectivity index (χ1) is 15.6. The van der Waals surface area contributed by atoms with E-state index in [2.05, 4.69) is 21.3 Å². The molecule has 4 aromatic rings. The van der Waals surface area contributed by atoms with Gasteiger partial charge < -0.3 is 19.4 Å². The van der Waals surface area contributed by atoms with Gasteiger partial charge in [0.05, 0.1) is 19.0 Å². The minimum absolute atomic E-state index is 0.0199. The number of para-hydroxylation sites is 1. The van der Waals surface area contributed by atoms with Crippen molar-refractivity contribution in [3.8, 4) is 5.75 Å². The number of hydrogen-bond donors (Lipinski definition) is 2. The third-order valence-electron chi connectivity index (χ3n) is 6.40. The molecule has 1 amide bonds. The van der Waals surface area contributed by atoms with Crippen LogP contribution in [0.25, 0.3) is 21.9 Å². The number of rotatable bonds is 5. The number of fused-ring (bicyclic) bond motifs is 3. The molecule has 1 fully saturated rings. The molecule has 1 saturated heterocycles. The average Bonchev–Trinajstić information content (AvgIpc) is 3.21. The minimum Gasteiger partial charge on any atom is -0.495 e. The van der Waals surface area contributed by atoms with Crippen LogP contribution in [0, 0.1) is 0 Å². The predicted molar refractivity (Wildman–Crippen MR) is 124 cm³/mol. The second-order valence-corrected chi connectivity index (χ2v) is 8.25. The molecule has 0 unspecified atom stereocenters. The standard InChI is InChI=1S/C25H26N4O3/c1-17(28-11-13-29(14-12-28)24-9-5-6-10-26-24)25(30)27-20-16-22-19(15-23(20)31-2)18-7-3-4-8-21(18)32-22/h3-10,15-17H,11-14H2,1-2H3,(H,27,30)/p+2/t17-/m1/s1. The first-order valence-electron chi connectivity index (χ1n) is 11.0. The van der Waals surface area contributed by atoms with Crippen molar-refractivity contribution in [2.24, 2.45) is 0 Å². The quantitative estimate of drug-likeness (QED) is 0.507. The second kappa shape index (κ2) is 8.51. The van der Waals surface area contributed by atoms with Gasteiger partial charge in [-0.3, -0.25) is 9.69 Å². The molecule has 0 spiro atoms.